The van der Waals surface area contributed by atoms with Crippen LogP contribution in [0.5, 0.6) is 5.75 Å². The molecule has 0 aliphatic heterocycles. The third-order valence-corrected chi connectivity index (χ3v) is 2.57. The fraction of sp³-hybridized carbons (Fsp3) is 0.417. The fourth-order valence-corrected chi connectivity index (χ4v) is 1.52. The summed E-state index contributed by atoms with van der Waals surface area (Å²) in [6, 6.07) is 4.18. The molecule has 5 heteroatoms. The lowest BCUT2D eigenvalue weighted by Gasteiger charge is -2.18. The summed E-state index contributed by atoms with van der Waals surface area (Å²) in [7, 11) is 1.75. The second-order valence-electron chi connectivity index (χ2n) is 3.84. The van der Waals surface area contributed by atoms with E-state index in [1.807, 2.05) is 0 Å². The minimum absolute atomic E-state index is 0.0994. The summed E-state index contributed by atoms with van der Waals surface area (Å²) in [4.78, 5) is 10.6. The number of aliphatic hydroxyl groups is 2. The summed E-state index contributed by atoms with van der Waals surface area (Å²) in [5.41, 5.74) is 0.510. The van der Waals surface area contributed by atoms with Gasteiger partial charge in [-0.15, -0.1) is 0 Å². The Morgan fingerprint density at radius 2 is 2.12 bits per heavy atom. The Morgan fingerprint density at radius 1 is 1.41 bits per heavy atom. The Labute approximate surface area is 99.7 Å². The normalized spacial score (nSPS) is 14.3. The van der Waals surface area contributed by atoms with Crippen molar-refractivity contribution < 1.29 is 20.1 Å². The lowest BCUT2D eigenvalue weighted by molar-refractivity contribution is 0.0140. The zero-order chi connectivity index (χ0) is 12.8. The van der Waals surface area contributed by atoms with Gasteiger partial charge in [0.25, 0.3) is 0 Å². The molecule has 0 fully saturated rings. The van der Waals surface area contributed by atoms with Crippen LogP contribution in [0, 0.1) is 0 Å². The highest BCUT2D eigenvalue weighted by atomic mass is 16.3. The van der Waals surface area contributed by atoms with Gasteiger partial charge in [-0.2, -0.15) is 0 Å². The fourth-order valence-electron chi connectivity index (χ4n) is 1.52. The standard InChI is InChI=1S/C12H17NO4/c1-13-5-4-11(16)12(17)8-2-3-10(15)9(6-8)7-14/h2-3,6-7,11-13,15-17H,4-5H2,1H3. The minimum Gasteiger partial charge on any atom is -0.507 e. The third kappa shape index (κ3) is 3.52. The van der Waals surface area contributed by atoms with Crippen molar-refractivity contribution in [3.63, 3.8) is 0 Å². The zero-order valence-corrected chi connectivity index (χ0v) is 9.63. The van der Waals surface area contributed by atoms with E-state index in [1.54, 1.807) is 7.05 Å². The van der Waals surface area contributed by atoms with Gasteiger partial charge in [0, 0.05) is 0 Å². The van der Waals surface area contributed by atoms with Gasteiger partial charge in [0.2, 0.25) is 0 Å². The number of hydrogen-bond acceptors (Lipinski definition) is 5. The Morgan fingerprint density at radius 3 is 2.71 bits per heavy atom. The van der Waals surface area contributed by atoms with Crippen LogP contribution in [0.25, 0.3) is 0 Å². The summed E-state index contributed by atoms with van der Waals surface area (Å²) in [5, 5.41) is 31.7. The van der Waals surface area contributed by atoms with E-state index in [-0.39, 0.29) is 11.3 Å². The Hall–Kier alpha value is -1.43. The Balaban J connectivity index is 2.81. The first-order chi connectivity index (χ1) is 8.10. The highest BCUT2D eigenvalue weighted by Crippen LogP contribution is 2.24. The first-order valence-electron chi connectivity index (χ1n) is 5.39. The van der Waals surface area contributed by atoms with E-state index < -0.39 is 12.2 Å². The molecule has 0 heterocycles. The van der Waals surface area contributed by atoms with Crippen LogP contribution in [-0.4, -0.2) is 41.3 Å². The number of hydrogen-bond donors (Lipinski definition) is 4. The molecule has 0 amide bonds. The number of aliphatic hydroxyl groups excluding tert-OH is 2. The Bertz CT molecular complexity index is 381. The molecule has 4 N–H and O–H groups in total. The van der Waals surface area contributed by atoms with Crippen molar-refractivity contribution in [2.24, 2.45) is 0 Å². The van der Waals surface area contributed by atoms with Crippen molar-refractivity contribution in [3.05, 3.63) is 29.3 Å². The van der Waals surface area contributed by atoms with Gasteiger partial charge in [-0.3, -0.25) is 4.79 Å². The molecule has 2 unspecified atom stereocenters. The van der Waals surface area contributed by atoms with E-state index in [0.29, 0.717) is 24.8 Å². The molecule has 94 valence electrons. The van der Waals surface area contributed by atoms with Crippen LogP contribution in [0.4, 0.5) is 0 Å². The molecule has 0 saturated heterocycles. The molecule has 0 aliphatic rings. The number of carbonyl (C=O) groups excluding carboxylic acids is 1. The van der Waals surface area contributed by atoms with E-state index in [2.05, 4.69) is 5.32 Å². The molecular formula is C12H17NO4. The molecule has 5 nitrogen and oxygen atoms in total. The monoisotopic (exact) mass is 239 g/mol. The zero-order valence-electron chi connectivity index (χ0n) is 9.63. The van der Waals surface area contributed by atoms with Crippen LogP contribution in [0.1, 0.15) is 28.4 Å². The number of rotatable bonds is 6. The molecule has 1 aromatic carbocycles. The van der Waals surface area contributed by atoms with Crippen molar-refractivity contribution in [1.82, 2.24) is 5.32 Å². The number of carbonyl (C=O) groups is 1. The second-order valence-corrected chi connectivity index (χ2v) is 3.84. The lowest BCUT2D eigenvalue weighted by Crippen LogP contribution is -2.23. The molecular weight excluding hydrogens is 222 g/mol. The summed E-state index contributed by atoms with van der Waals surface area (Å²) < 4.78 is 0. The van der Waals surface area contributed by atoms with Gasteiger partial charge in [0.1, 0.15) is 11.9 Å². The van der Waals surface area contributed by atoms with Gasteiger partial charge < -0.3 is 20.6 Å². The molecule has 1 rings (SSSR count). The molecule has 17 heavy (non-hydrogen) atoms. The maximum absolute atomic E-state index is 10.6. The van der Waals surface area contributed by atoms with Crippen LogP contribution >= 0.6 is 0 Å². The van der Waals surface area contributed by atoms with Gasteiger partial charge in [-0.25, -0.2) is 0 Å². The number of phenolic OH excluding ortho intramolecular Hbond substituents is 1. The van der Waals surface area contributed by atoms with E-state index in [0.717, 1.165) is 0 Å². The van der Waals surface area contributed by atoms with Crippen molar-refractivity contribution in [1.29, 1.82) is 0 Å². The number of aldehydes is 1. The number of phenols is 1. The van der Waals surface area contributed by atoms with Crippen molar-refractivity contribution in [2.75, 3.05) is 13.6 Å². The summed E-state index contributed by atoms with van der Waals surface area (Å²) in [5.74, 6) is -0.138. The predicted molar refractivity (Wildman–Crippen MR) is 63.0 cm³/mol. The smallest absolute Gasteiger partial charge is 0.153 e. The van der Waals surface area contributed by atoms with Gasteiger partial charge in [-0.05, 0) is 37.7 Å². The summed E-state index contributed by atoms with van der Waals surface area (Å²) in [6.07, 6.45) is -1.07. The van der Waals surface area contributed by atoms with E-state index in [4.69, 9.17) is 0 Å². The SMILES string of the molecule is CNCCC(O)C(O)c1ccc(O)c(C=O)c1. The van der Waals surface area contributed by atoms with Gasteiger partial charge >= 0.3 is 0 Å². The van der Waals surface area contributed by atoms with E-state index >= 15 is 0 Å². The number of nitrogens with one attached hydrogen (secondary N) is 1. The first kappa shape index (κ1) is 13.6. The van der Waals surface area contributed by atoms with Gasteiger partial charge in [0.15, 0.2) is 6.29 Å². The van der Waals surface area contributed by atoms with Crippen LogP contribution in [0.3, 0.4) is 0 Å². The highest BCUT2D eigenvalue weighted by Gasteiger charge is 2.18. The maximum atomic E-state index is 10.6. The number of aromatic hydroxyl groups is 1. The average molecular weight is 239 g/mol. The van der Waals surface area contributed by atoms with Crippen molar-refractivity contribution in [2.45, 2.75) is 18.6 Å². The summed E-state index contributed by atoms with van der Waals surface area (Å²) >= 11 is 0. The quantitative estimate of drug-likeness (QED) is 0.533. The van der Waals surface area contributed by atoms with Crippen LogP contribution in [0.15, 0.2) is 18.2 Å². The summed E-state index contributed by atoms with van der Waals surface area (Å²) in [6.45, 7) is 0.580. The highest BCUT2D eigenvalue weighted by molar-refractivity contribution is 5.79. The van der Waals surface area contributed by atoms with Gasteiger partial charge in [0.05, 0.1) is 11.7 Å². The maximum Gasteiger partial charge on any atom is 0.153 e. The third-order valence-electron chi connectivity index (χ3n) is 2.57. The molecule has 2 atom stereocenters. The number of benzene rings is 1. The van der Waals surface area contributed by atoms with Gasteiger partial charge in [-0.1, -0.05) is 6.07 Å². The largest absolute Gasteiger partial charge is 0.507 e. The molecule has 0 radical (unpaired) electrons. The molecule has 0 saturated carbocycles. The molecule has 0 bridgehead atoms. The molecule has 0 spiro atoms. The first-order valence-corrected chi connectivity index (χ1v) is 5.39. The Kier molecular flexibility index (Phi) is 5.09. The molecule has 0 aromatic heterocycles. The van der Waals surface area contributed by atoms with E-state index in [9.17, 15) is 20.1 Å². The van der Waals surface area contributed by atoms with Crippen LogP contribution in [-0.2, 0) is 0 Å². The van der Waals surface area contributed by atoms with Crippen LogP contribution < -0.4 is 5.32 Å². The minimum atomic E-state index is -1.07. The average Bonchev–Trinajstić information content (AvgIpc) is 2.35. The van der Waals surface area contributed by atoms with Crippen molar-refractivity contribution >= 4 is 6.29 Å². The second kappa shape index (κ2) is 6.34. The van der Waals surface area contributed by atoms with Crippen LogP contribution in [0.2, 0.25) is 0 Å². The molecule has 1 aromatic rings. The molecule has 0 aliphatic carbocycles. The lowest BCUT2D eigenvalue weighted by atomic mass is 10.00. The predicted octanol–water partition coefficient (Wildman–Crippen LogP) is 0.209. The topological polar surface area (TPSA) is 89.8 Å². The van der Waals surface area contributed by atoms with Crippen molar-refractivity contribution in [3.8, 4) is 5.75 Å². The van der Waals surface area contributed by atoms with E-state index in [1.165, 1.54) is 18.2 Å².